The van der Waals surface area contributed by atoms with Crippen molar-refractivity contribution in [2.45, 2.75) is 46.1 Å². The van der Waals surface area contributed by atoms with Crippen LogP contribution in [0.5, 0.6) is 0 Å². The van der Waals surface area contributed by atoms with E-state index in [9.17, 15) is 14.4 Å². The zero-order valence-corrected chi connectivity index (χ0v) is 12.4. The minimum absolute atomic E-state index is 0.168. The first kappa shape index (κ1) is 18.2. The fraction of sp³-hybridized carbons (Fsp3) is 0.769. The lowest BCUT2D eigenvalue weighted by Gasteiger charge is -2.15. The average molecular weight is 287 g/mol. The summed E-state index contributed by atoms with van der Waals surface area (Å²) in [6, 6.07) is -1.57. The predicted molar refractivity (Wildman–Crippen MR) is 75.3 cm³/mol. The Hall–Kier alpha value is -1.79. The molecule has 0 aliphatic rings. The Bertz CT molecular complexity index is 332. The van der Waals surface area contributed by atoms with E-state index in [0.29, 0.717) is 25.3 Å². The molecule has 116 valence electrons. The molecule has 0 aliphatic heterocycles. The van der Waals surface area contributed by atoms with Crippen molar-refractivity contribution in [1.29, 1.82) is 0 Å². The molecule has 7 heteroatoms. The molecule has 0 aromatic carbocycles. The molecule has 0 aliphatic carbocycles. The van der Waals surface area contributed by atoms with E-state index in [4.69, 9.17) is 5.11 Å². The number of hydrogen-bond donors (Lipinski definition) is 4. The fourth-order valence-electron chi connectivity index (χ4n) is 1.42. The van der Waals surface area contributed by atoms with Gasteiger partial charge in [0.1, 0.15) is 6.04 Å². The second-order valence-electron chi connectivity index (χ2n) is 5.06. The highest BCUT2D eigenvalue weighted by Crippen LogP contribution is 2.00. The molecule has 1 atom stereocenters. The van der Waals surface area contributed by atoms with Gasteiger partial charge in [0.25, 0.3) is 0 Å². The smallest absolute Gasteiger partial charge is 0.326 e. The number of carboxylic acid groups (broad SMARTS) is 1. The van der Waals surface area contributed by atoms with Gasteiger partial charge in [-0.2, -0.15) is 0 Å². The standard InChI is InChI=1S/C13H25N3O4/c1-4-5-6-10(12(18)19)16-13(20)15-8-11(17)14-7-9(2)3/h9-10H,4-8H2,1-3H3,(H,14,17)(H,18,19)(H2,15,16,20). The summed E-state index contributed by atoms with van der Waals surface area (Å²) in [6.07, 6.45) is 1.94. The third-order valence-corrected chi connectivity index (χ3v) is 2.57. The van der Waals surface area contributed by atoms with Gasteiger partial charge < -0.3 is 21.1 Å². The lowest BCUT2D eigenvalue weighted by Crippen LogP contribution is -2.48. The van der Waals surface area contributed by atoms with Crippen molar-refractivity contribution in [3.8, 4) is 0 Å². The van der Waals surface area contributed by atoms with Crippen LogP contribution in [0.25, 0.3) is 0 Å². The molecule has 0 saturated heterocycles. The maximum absolute atomic E-state index is 11.5. The Kier molecular flexibility index (Phi) is 9.15. The van der Waals surface area contributed by atoms with Crippen molar-refractivity contribution in [3.63, 3.8) is 0 Å². The number of carboxylic acids is 1. The number of urea groups is 1. The molecule has 0 bridgehead atoms. The van der Waals surface area contributed by atoms with E-state index in [2.05, 4.69) is 16.0 Å². The van der Waals surface area contributed by atoms with Gasteiger partial charge in [0.2, 0.25) is 5.91 Å². The number of unbranched alkanes of at least 4 members (excludes halogenated alkanes) is 1. The van der Waals surface area contributed by atoms with Crippen LogP contribution in [0.1, 0.15) is 40.0 Å². The second kappa shape index (κ2) is 10.1. The van der Waals surface area contributed by atoms with E-state index in [1.165, 1.54) is 0 Å². The summed E-state index contributed by atoms with van der Waals surface area (Å²) in [5.74, 6) is -1.04. The average Bonchev–Trinajstić information content (AvgIpc) is 2.38. The first-order valence-electron chi connectivity index (χ1n) is 6.90. The summed E-state index contributed by atoms with van der Waals surface area (Å²) in [4.78, 5) is 33.8. The van der Waals surface area contributed by atoms with E-state index < -0.39 is 18.0 Å². The molecule has 0 spiro atoms. The van der Waals surface area contributed by atoms with Gasteiger partial charge in [-0.05, 0) is 12.3 Å². The minimum Gasteiger partial charge on any atom is -0.480 e. The highest BCUT2D eigenvalue weighted by molar-refractivity contribution is 5.86. The van der Waals surface area contributed by atoms with Gasteiger partial charge in [-0.1, -0.05) is 33.6 Å². The lowest BCUT2D eigenvalue weighted by molar-refractivity contribution is -0.139. The van der Waals surface area contributed by atoms with Crippen molar-refractivity contribution in [2.75, 3.05) is 13.1 Å². The minimum atomic E-state index is -1.07. The van der Waals surface area contributed by atoms with E-state index in [1.807, 2.05) is 20.8 Å². The van der Waals surface area contributed by atoms with Gasteiger partial charge in [-0.15, -0.1) is 0 Å². The molecule has 20 heavy (non-hydrogen) atoms. The van der Waals surface area contributed by atoms with E-state index in [-0.39, 0.29) is 12.5 Å². The van der Waals surface area contributed by atoms with Crippen LogP contribution in [-0.4, -0.2) is 42.1 Å². The maximum Gasteiger partial charge on any atom is 0.326 e. The Balaban J connectivity index is 4.01. The normalized spacial score (nSPS) is 11.8. The van der Waals surface area contributed by atoms with E-state index >= 15 is 0 Å². The molecule has 7 nitrogen and oxygen atoms in total. The van der Waals surface area contributed by atoms with Crippen LogP contribution in [0, 0.1) is 5.92 Å². The number of rotatable bonds is 9. The molecule has 3 amide bonds. The van der Waals surface area contributed by atoms with Crippen molar-refractivity contribution in [3.05, 3.63) is 0 Å². The summed E-state index contributed by atoms with van der Waals surface area (Å²) in [5.41, 5.74) is 0. The van der Waals surface area contributed by atoms with Gasteiger partial charge in [-0.3, -0.25) is 4.79 Å². The predicted octanol–water partition coefficient (Wildman–Crippen LogP) is 0.701. The zero-order valence-electron chi connectivity index (χ0n) is 12.4. The van der Waals surface area contributed by atoms with Gasteiger partial charge in [-0.25, -0.2) is 9.59 Å². The van der Waals surface area contributed by atoms with Crippen LogP contribution in [0.15, 0.2) is 0 Å². The molecular weight excluding hydrogens is 262 g/mol. The molecule has 1 unspecified atom stereocenters. The zero-order chi connectivity index (χ0) is 15.5. The summed E-state index contributed by atoms with van der Waals surface area (Å²) >= 11 is 0. The molecule has 0 rings (SSSR count). The van der Waals surface area contributed by atoms with Crippen molar-refractivity contribution >= 4 is 17.9 Å². The maximum atomic E-state index is 11.5. The summed E-state index contributed by atoms with van der Waals surface area (Å²) in [6.45, 7) is 6.24. The summed E-state index contributed by atoms with van der Waals surface area (Å²) in [7, 11) is 0. The monoisotopic (exact) mass is 287 g/mol. The number of carbonyl (C=O) groups excluding carboxylic acids is 2. The molecule has 4 N–H and O–H groups in total. The van der Waals surface area contributed by atoms with Gasteiger partial charge >= 0.3 is 12.0 Å². The molecule has 0 heterocycles. The molecule has 0 fully saturated rings. The van der Waals surface area contributed by atoms with Crippen LogP contribution < -0.4 is 16.0 Å². The Morgan fingerprint density at radius 3 is 2.30 bits per heavy atom. The molecular formula is C13H25N3O4. The topological polar surface area (TPSA) is 108 Å². The van der Waals surface area contributed by atoms with Crippen LogP contribution in [-0.2, 0) is 9.59 Å². The van der Waals surface area contributed by atoms with Crippen molar-refractivity contribution in [2.24, 2.45) is 5.92 Å². The number of aliphatic carboxylic acids is 1. The van der Waals surface area contributed by atoms with Crippen molar-refractivity contribution in [1.82, 2.24) is 16.0 Å². The Labute approximate surface area is 119 Å². The first-order chi connectivity index (χ1) is 9.36. The highest BCUT2D eigenvalue weighted by atomic mass is 16.4. The fourth-order valence-corrected chi connectivity index (χ4v) is 1.42. The van der Waals surface area contributed by atoms with E-state index in [1.54, 1.807) is 0 Å². The van der Waals surface area contributed by atoms with Gasteiger partial charge in [0, 0.05) is 6.54 Å². The first-order valence-corrected chi connectivity index (χ1v) is 6.90. The van der Waals surface area contributed by atoms with E-state index in [0.717, 1.165) is 6.42 Å². The number of amides is 3. The van der Waals surface area contributed by atoms with Gasteiger partial charge in [0.15, 0.2) is 0 Å². The molecule has 0 aromatic rings. The Morgan fingerprint density at radius 1 is 1.15 bits per heavy atom. The third-order valence-electron chi connectivity index (χ3n) is 2.57. The number of carbonyl (C=O) groups is 3. The summed E-state index contributed by atoms with van der Waals surface area (Å²) in [5, 5.41) is 16.3. The van der Waals surface area contributed by atoms with Crippen LogP contribution in [0.4, 0.5) is 4.79 Å². The lowest BCUT2D eigenvalue weighted by atomic mass is 10.1. The quantitative estimate of drug-likeness (QED) is 0.500. The molecule has 0 radical (unpaired) electrons. The summed E-state index contributed by atoms with van der Waals surface area (Å²) < 4.78 is 0. The SMILES string of the molecule is CCCCC(NC(=O)NCC(=O)NCC(C)C)C(=O)O. The Morgan fingerprint density at radius 2 is 1.80 bits per heavy atom. The molecule has 0 aromatic heterocycles. The van der Waals surface area contributed by atoms with Crippen molar-refractivity contribution < 1.29 is 19.5 Å². The van der Waals surface area contributed by atoms with Crippen LogP contribution >= 0.6 is 0 Å². The second-order valence-corrected chi connectivity index (χ2v) is 5.06. The largest absolute Gasteiger partial charge is 0.480 e. The number of hydrogen-bond acceptors (Lipinski definition) is 3. The van der Waals surface area contributed by atoms with Crippen LogP contribution in [0.2, 0.25) is 0 Å². The van der Waals surface area contributed by atoms with Gasteiger partial charge in [0.05, 0.1) is 6.54 Å². The third kappa shape index (κ3) is 9.18. The molecule has 0 saturated carbocycles. The number of nitrogens with one attached hydrogen (secondary N) is 3. The highest BCUT2D eigenvalue weighted by Gasteiger charge is 2.19. The van der Waals surface area contributed by atoms with Crippen LogP contribution in [0.3, 0.4) is 0 Å².